The Labute approximate surface area is 256 Å². The normalized spacial score (nSPS) is 36.8. The second-order valence-electron chi connectivity index (χ2n) is 13.1. The van der Waals surface area contributed by atoms with Gasteiger partial charge in [0.25, 0.3) is 0 Å². The van der Waals surface area contributed by atoms with Crippen molar-refractivity contribution in [2.24, 2.45) is 0 Å². The minimum absolute atomic E-state index is 0.000861. The first-order valence-electron chi connectivity index (χ1n) is 15.0. The molecule has 0 N–H and O–H groups in total. The molecule has 0 saturated carbocycles. The second-order valence-corrected chi connectivity index (χ2v) is 17.9. The van der Waals surface area contributed by atoms with Crippen LogP contribution in [0.1, 0.15) is 75.2 Å². The van der Waals surface area contributed by atoms with Crippen molar-refractivity contribution in [2.45, 2.75) is 161 Å². The van der Waals surface area contributed by atoms with Gasteiger partial charge in [-0.1, -0.05) is 20.8 Å². The van der Waals surface area contributed by atoms with E-state index in [4.69, 9.17) is 42.3 Å². The third kappa shape index (κ3) is 9.48. The van der Waals surface area contributed by atoms with Crippen LogP contribution in [0.3, 0.4) is 0 Å². The lowest BCUT2D eigenvalue weighted by molar-refractivity contribution is -0.322. The van der Waals surface area contributed by atoms with Gasteiger partial charge in [-0.3, -0.25) is 14.4 Å². The maximum absolute atomic E-state index is 12.1. The molecule has 0 bridgehead atoms. The molecule has 3 aliphatic heterocycles. The summed E-state index contributed by atoms with van der Waals surface area (Å²) in [7, 11) is -2.14. The Kier molecular flexibility index (Phi) is 11.9. The van der Waals surface area contributed by atoms with E-state index in [9.17, 15) is 14.4 Å². The highest BCUT2D eigenvalue weighted by Gasteiger charge is 2.48. The molecule has 13 heteroatoms. The minimum atomic E-state index is -2.14. The predicted molar refractivity (Wildman–Crippen MR) is 156 cm³/mol. The lowest BCUT2D eigenvalue weighted by Crippen LogP contribution is -2.57. The monoisotopic (exact) mass is 630 g/mol. The van der Waals surface area contributed by atoms with Gasteiger partial charge in [-0.15, -0.1) is 0 Å². The van der Waals surface area contributed by atoms with Crippen molar-refractivity contribution < 1.29 is 56.7 Å². The van der Waals surface area contributed by atoms with Crippen LogP contribution in [0, 0.1) is 0 Å². The number of esters is 3. The fourth-order valence-corrected chi connectivity index (χ4v) is 6.50. The largest absolute Gasteiger partial charge is 0.496 e. The van der Waals surface area contributed by atoms with Crippen LogP contribution in [0.5, 0.6) is 0 Å². The van der Waals surface area contributed by atoms with Crippen molar-refractivity contribution in [1.29, 1.82) is 0 Å². The molecule has 0 unspecified atom stereocenters. The van der Waals surface area contributed by atoms with E-state index in [0.29, 0.717) is 0 Å². The first-order chi connectivity index (χ1) is 19.9. The van der Waals surface area contributed by atoms with E-state index in [-0.39, 0.29) is 30.1 Å². The van der Waals surface area contributed by atoms with Crippen molar-refractivity contribution in [2.75, 3.05) is 0 Å². The highest BCUT2D eigenvalue weighted by atomic mass is 28.4. The summed E-state index contributed by atoms with van der Waals surface area (Å²) in [6.07, 6.45) is -3.09. The van der Waals surface area contributed by atoms with Gasteiger partial charge in [0.15, 0.2) is 27.0 Å². The van der Waals surface area contributed by atoms with Crippen LogP contribution in [0.25, 0.3) is 0 Å². The second kappa shape index (κ2) is 14.4. The summed E-state index contributed by atoms with van der Waals surface area (Å²) in [5.41, 5.74) is 0. The summed E-state index contributed by atoms with van der Waals surface area (Å²) in [6.45, 7) is 20.2. The quantitative estimate of drug-likeness (QED) is 0.206. The van der Waals surface area contributed by atoms with E-state index in [1.165, 1.54) is 20.8 Å². The van der Waals surface area contributed by atoms with Gasteiger partial charge >= 0.3 is 17.9 Å². The van der Waals surface area contributed by atoms with Gasteiger partial charge in [0.05, 0.1) is 24.6 Å². The number of ether oxygens (including phenoxy) is 8. The molecule has 0 radical (unpaired) electrons. The molecule has 0 spiro atoms. The fraction of sp³-hybridized carbons (Fsp3) is 0.833. The third-order valence-electron chi connectivity index (χ3n) is 8.38. The number of hydrogen-bond acceptors (Lipinski definition) is 12. The van der Waals surface area contributed by atoms with Gasteiger partial charge in [0.2, 0.25) is 0 Å². The lowest BCUT2D eigenvalue weighted by Gasteiger charge is -2.46. The summed E-state index contributed by atoms with van der Waals surface area (Å²) in [4.78, 5) is 35.6. The Bertz CT molecular complexity index is 1010. The molecule has 0 aliphatic carbocycles. The van der Waals surface area contributed by atoms with Crippen LogP contribution in [0.2, 0.25) is 18.1 Å². The number of carbonyl (C=O) groups excluding carboxylic acids is 3. The van der Waals surface area contributed by atoms with Gasteiger partial charge < -0.3 is 42.3 Å². The number of carbonyl (C=O) groups is 3. The Balaban J connectivity index is 1.74. The smallest absolute Gasteiger partial charge is 0.303 e. The molecule has 0 aromatic heterocycles. The molecule has 246 valence electrons. The summed E-state index contributed by atoms with van der Waals surface area (Å²) in [5.74, 6) is -1.51. The van der Waals surface area contributed by atoms with Gasteiger partial charge in [0, 0.05) is 33.6 Å². The van der Waals surface area contributed by atoms with E-state index in [2.05, 4.69) is 33.9 Å². The Morgan fingerprint density at radius 3 is 1.67 bits per heavy atom. The molecule has 43 heavy (non-hydrogen) atoms. The Hall–Kier alpha value is -2.03. The van der Waals surface area contributed by atoms with E-state index in [0.717, 1.165) is 0 Å². The van der Waals surface area contributed by atoms with Gasteiger partial charge in [-0.2, -0.15) is 0 Å². The molecule has 3 heterocycles. The van der Waals surface area contributed by atoms with Crippen LogP contribution in [0.4, 0.5) is 0 Å². The molecular formula is C30H50O12Si. The first-order valence-corrected chi connectivity index (χ1v) is 17.9. The molecule has 12 nitrogen and oxygen atoms in total. The van der Waals surface area contributed by atoms with Gasteiger partial charge in [-0.05, 0) is 45.0 Å². The van der Waals surface area contributed by atoms with Crippen LogP contribution in [-0.2, 0) is 56.7 Å². The average molecular weight is 631 g/mol. The zero-order valence-electron chi connectivity index (χ0n) is 27.3. The molecule has 0 aromatic rings. The summed E-state index contributed by atoms with van der Waals surface area (Å²) in [5, 5.41) is -0.000861. The van der Waals surface area contributed by atoms with Crippen LogP contribution >= 0.6 is 0 Å². The molecule has 0 aromatic carbocycles. The van der Waals surface area contributed by atoms with Crippen LogP contribution < -0.4 is 0 Å². The SMILES string of the molecule is CC(=O)O[C@@H]1[C@H](C)O[C@@H](O[C@@H]2[C@H](C)O[C@@H](O[C@@H]3[C@H](C)OC=C[C@@H]3O[Si](C)(C)C(C)(C)C)C[C@@H]2OC(C)=O)C[C@@H]1OC(C)=O. The molecule has 3 rings (SSSR count). The maximum atomic E-state index is 12.1. The van der Waals surface area contributed by atoms with Crippen molar-refractivity contribution in [1.82, 2.24) is 0 Å². The Morgan fingerprint density at radius 1 is 0.721 bits per heavy atom. The molecule has 3 aliphatic rings. The number of hydrogen-bond donors (Lipinski definition) is 0. The zero-order chi connectivity index (χ0) is 32.3. The maximum Gasteiger partial charge on any atom is 0.303 e. The number of rotatable bonds is 9. The van der Waals surface area contributed by atoms with Crippen molar-refractivity contribution in [3.05, 3.63) is 12.3 Å². The fourth-order valence-electron chi connectivity index (χ4n) is 5.25. The van der Waals surface area contributed by atoms with Crippen molar-refractivity contribution >= 4 is 26.2 Å². The summed E-state index contributed by atoms with van der Waals surface area (Å²) in [6, 6.07) is 0. The van der Waals surface area contributed by atoms with E-state index in [1.54, 1.807) is 20.1 Å². The first kappa shape index (κ1) is 35.4. The molecule has 2 fully saturated rings. The van der Waals surface area contributed by atoms with E-state index >= 15 is 0 Å². The molecular weight excluding hydrogens is 580 g/mol. The van der Waals surface area contributed by atoms with Crippen LogP contribution in [-0.4, -0.2) is 93.7 Å². The van der Waals surface area contributed by atoms with E-state index < -0.39 is 81.5 Å². The Morgan fingerprint density at radius 2 is 1.19 bits per heavy atom. The van der Waals surface area contributed by atoms with E-state index in [1.807, 2.05) is 13.0 Å². The molecule has 0 amide bonds. The highest BCUT2D eigenvalue weighted by Crippen LogP contribution is 2.39. The third-order valence-corrected chi connectivity index (χ3v) is 12.9. The summed E-state index contributed by atoms with van der Waals surface area (Å²) >= 11 is 0. The van der Waals surface area contributed by atoms with Gasteiger partial charge in [0.1, 0.15) is 30.5 Å². The predicted octanol–water partition coefficient (Wildman–Crippen LogP) is 4.14. The lowest BCUT2D eigenvalue weighted by atomic mass is 9.99. The van der Waals surface area contributed by atoms with Crippen molar-refractivity contribution in [3.8, 4) is 0 Å². The molecule has 11 atom stereocenters. The van der Waals surface area contributed by atoms with Crippen molar-refractivity contribution in [3.63, 3.8) is 0 Å². The topological polar surface area (TPSA) is 134 Å². The average Bonchev–Trinajstić information content (AvgIpc) is 2.84. The summed E-state index contributed by atoms with van der Waals surface area (Å²) < 4.78 is 54.0. The zero-order valence-corrected chi connectivity index (χ0v) is 28.3. The highest BCUT2D eigenvalue weighted by molar-refractivity contribution is 6.74. The van der Waals surface area contributed by atoms with Crippen LogP contribution in [0.15, 0.2) is 12.3 Å². The van der Waals surface area contributed by atoms with Gasteiger partial charge in [-0.25, -0.2) is 0 Å². The molecule has 2 saturated heterocycles. The standard InChI is InChI=1S/C30H50O12Si/c1-16-27(22(12-13-34-16)42-43(10,11)30(7,8)9)40-25-15-24(38-20(5)32)29(18(3)36-25)41-26-14-23(37-19(4)31)28(17(2)35-26)39-21(6)33/h12-13,16-18,22-29H,14-15H2,1-11H3/t16-,17-,18-,22-,23-,24-,25-,26-,27+,28+,29+/m0/s1. The minimum Gasteiger partial charge on any atom is -0.496 e.